The minimum Gasteiger partial charge on any atom is -0.428 e. The van der Waals surface area contributed by atoms with E-state index < -0.39 is 27.8 Å². The number of sulfonamides is 1. The van der Waals surface area contributed by atoms with Gasteiger partial charge < -0.3 is 9.32 Å². The van der Waals surface area contributed by atoms with Gasteiger partial charge in [-0.2, -0.15) is 18.2 Å². The molecule has 0 spiro atoms. The average Bonchev–Trinajstić information content (AvgIpc) is 3.12. The molecule has 3 rings (SSSR count). The second kappa shape index (κ2) is 10.0. The number of nitrogens with zero attached hydrogens (tertiary/aromatic N) is 3. The summed E-state index contributed by atoms with van der Waals surface area (Å²) in [4.78, 5) is 21.5. The van der Waals surface area contributed by atoms with Gasteiger partial charge in [-0.05, 0) is 42.7 Å². The minimum atomic E-state index is -4.56. The van der Waals surface area contributed by atoms with E-state index >= 15 is 0 Å². The van der Waals surface area contributed by atoms with E-state index in [1.165, 1.54) is 13.0 Å². The van der Waals surface area contributed by atoms with Crippen molar-refractivity contribution in [2.24, 2.45) is 0 Å². The first-order valence-electron chi connectivity index (χ1n) is 9.83. The summed E-state index contributed by atoms with van der Waals surface area (Å²) in [5.41, 5.74) is 0.137. The molecule has 13 heteroatoms. The Balaban J connectivity index is 1.87. The molecule has 3 aromatic rings. The molecule has 0 saturated carbocycles. The number of pyridine rings is 1. The Morgan fingerprint density at radius 3 is 2.35 bits per heavy atom. The molecule has 0 radical (unpaired) electrons. The number of oxazole rings is 1. The third kappa shape index (κ3) is 6.94. The summed E-state index contributed by atoms with van der Waals surface area (Å²) < 4.78 is 68.7. The van der Waals surface area contributed by atoms with Crippen LogP contribution in [0.3, 0.4) is 0 Å². The van der Waals surface area contributed by atoms with Gasteiger partial charge in [0.2, 0.25) is 10.0 Å². The van der Waals surface area contributed by atoms with Crippen molar-refractivity contribution in [3.8, 4) is 0 Å². The number of aromatic nitrogens is 2. The summed E-state index contributed by atoms with van der Waals surface area (Å²) in [7, 11) is -3.82. The lowest BCUT2D eigenvalue weighted by atomic mass is 10.1. The molecule has 0 atom stereocenters. The molecule has 1 aromatic carbocycles. The van der Waals surface area contributed by atoms with Crippen LogP contribution in [0.4, 0.5) is 19.2 Å². The monoisotopic (exact) mass is 516 g/mol. The zero-order valence-corrected chi connectivity index (χ0v) is 19.6. The molecule has 0 aliphatic heterocycles. The lowest BCUT2D eigenvalue weighted by Gasteiger charge is -2.21. The van der Waals surface area contributed by atoms with Crippen LogP contribution in [0.25, 0.3) is 0 Å². The Bertz CT molecular complexity index is 1260. The van der Waals surface area contributed by atoms with Crippen LogP contribution in [0.2, 0.25) is 5.02 Å². The maximum absolute atomic E-state index is 12.8. The summed E-state index contributed by atoms with van der Waals surface area (Å²) in [5, 5.41) is 0.571. The third-order valence-corrected chi connectivity index (χ3v) is 5.43. The van der Waals surface area contributed by atoms with Crippen molar-refractivity contribution in [1.29, 1.82) is 0 Å². The highest BCUT2D eigenvalue weighted by Crippen LogP contribution is 2.28. The van der Waals surface area contributed by atoms with E-state index in [0.717, 1.165) is 24.1 Å². The quantitative estimate of drug-likeness (QED) is 0.482. The smallest absolute Gasteiger partial charge is 0.428 e. The standard InChI is InChI=1S/C21H20ClF3N4O4S/c1-13-18(19(30)28-34(2,31)32)27-20(33-13)29(10-9-14-3-6-16(22)7-4-14)12-15-5-8-17(26-11-15)21(23,24)25/h3-8,11H,9-10,12H2,1-2H3,(H,28,30). The van der Waals surface area contributed by atoms with Crippen LogP contribution < -0.4 is 9.62 Å². The molecule has 0 bridgehead atoms. The molecule has 0 aliphatic rings. The zero-order valence-electron chi connectivity index (χ0n) is 18.1. The van der Waals surface area contributed by atoms with Gasteiger partial charge in [-0.1, -0.05) is 29.8 Å². The first kappa shape index (κ1) is 25.5. The van der Waals surface area contributed by atoms with Crippen LogP contribution in [0.1, 0.15) is 33.1 Å². The molecule has 0 fully saturated rings. The number of benzene rings is 1. The molecule has 34 heavy (non-hydrogen) atoms. The number of anilines is 1. The van der Waals surface area contributed by atoms with Gasteiger partial charge in [0.1, 0.15) is 11.5 Å². The van der Waals surface area contributed by atoms with Gasteiger partial charge in [-0.15, -0.1) is 0 Å². The van der Waals surface area contributed by atoms with Crippen LogP contribution in [-0.4, -0.2) is 37.1 Å². The normalized spacial score (nSPS) is 11.9. The molecule has 0 unspecified atom stereocenters. The van der Waals surface area contributed by atoms with E-state index in [1.54, 1.807) is 17.0 Å². The van der Waals surface area contributed by atoms with Gasteiger partial charge in [0.15, 0.2) is 5.69 Å². The van der Waals surface area contributed by atoms with Crippen LogP contribution in [0, 0.1) is 6.92 Å². The number of alkyl halides is 3. The summed E-state index contributed by atoms with van der Waals surface area (Å²) in [6.07, 6.45) is -2.13. The minimum absolute atomic E-state index is 0.00464. The molecule has 1 N–H and O–H groups in total. The largest absolute Gasteiger partial charge is 0.433 e. The molecule has 1 amide bonds. The SMILES string of the molecule is Cc1oc(N(CCc2ccc(Cl)cc2)Cc2ccc(C(F)(F)F)nc2)nc1C(=O)NS(C)(=O)=O. The Morgan fingerprint density at radius 2 is 1.79 bits per heavy atom. The zero-order chi connectivity index (χ0) is 25.1. The van der Waals surface area contributed by atoms with Gasteiger partial charge in [-0.3, -0.25) is 9.78 Å². The maximum Gasteiger partial charge on any atom is 0.433 e. The van der Waals surface area contributed by atoms with E-state index in [0.29, 0.717) is 23.6 Å². The maximum atomic E-state index is 12.8. The van der Waals surface area contributed by atoms with Gasteiger partial charge in [0.05, 0.1) is 6.26 Å². The number of hydrogen-bond donors (Lipinski definition) is 1. The Hall–Kier alpha value is -3.12. The van der Waals surface area contributed by atoms with Gasteiger partial charge in [0.25, 0.3) is 11.9 Å². The van der Waals surface area contributed by atoms with E-state index in [-0.39, 0.29) is 24.0 Å². The number of aryl methyl sites for hydroxylation is 1. The van der Waals surface area contributed by atoms with Gasteiger partial charge in [-0.25, -0.2) is 13.1 Å². The van der Waals surface area contributed by atoms with Crippen molar-refractivity contribution in [3.05, 3.63) is 75.9 Å². The first-order chi connectivity index (χ1) is 15.8. The highest BCUT2D eigenvalue weighted by molar-refractivity contribution is 7.89. The number of halogens is 4. The van der Waals surface area contributed by atoms with Gasteiger partial charge >= 0.3 is 6.18 Å². The van der Waals surface area contributed by atoms with Crippen molar-refractivity contribution >= 4 is 33.5 Å². The Kier molecular flexibility index (Phi) is 7.51. The van der Waals surface area contributed by atoms with E-state index in [1.807, 2.05) is 16.9 Å². The lowest BCUT2D eigenvalue weighted by Crippen LogP contribution is -2.30. The predicted molar refractivity (Wildman–Crippen MR) is 119 cm³/mol. The van der Waals surface area contributed by atoms with E-state index in [9.17, 15) is 26.4 Å². The number of nitrogens with one attached hydrogen (secondary N) is 1. The summed E-state index contributed by atoms with van der Waals surface area (Å²) in [6, 6.07) is 9.27. The molecule has 2 aromatic heterocycles. The van der Waals surface area contributed by atoms with Crippen molar-refractivity contribution in [2.45, 2.75) is 26.1 Å². The number of amides is 1. The molecule has 182 valence electrons. The highest BCUT2D eigenvalue weighted by Gasteiger charge is 2.32. The first-order valence-corrected chi connectivity index (χ1v) is 12.1. The van der Waals surface area contributed by atoms with Crippen molar-refractivity contribution in [2.75, 3.05) is 17.7 Å². The number of carbonyl (C=O) groups is 1. The van der Waals surface area contributed by atoms with Crippen molar-refractivity contribution < 1.29 is 30.8 Å². The van der Waals surface area contributed by atoms with Crippen molar-refractivity contribution in [1.82, 2.24) is 14.7 Å². The average molecular weight is 517 g/mol. The van der Waals surface area contributed by atoms with E-state index in [4.69, 9.17) is 16.0 Å². The number of rotatable bonds is 8. The number of hydrogen-bond acceptors (Lipinski definition) is 7. The van der Waals surface area contributed by atoms with Gasteiger partial charge in [0, 0.05) is 24.3 Å². The summed E-state index contributed by atoms with van der Waals surface area (Å²) in [6.45, 7) is 1.84. The van der Waals surface area contributed by atoms with Crippen LogP contribution >= 0.6 is 11.6 Å². The summed E-state index contributed by atoms with van der Waals surface area (Å²) in [5.74, 6) is -0.873. The predicted octanol–water partition coefficient (Wildman–Crippen LogP) is 3.99. The fourth-order valence-corrected chi connectivity index (χ4v) is 3.57. The second-order valence-electron chi connectivity index (χ2n) is 7.45. The molecule has 0 aliphatic carbocycles. The Morgan fingerprint density at radius 1 is 1.15 bits per heavy atom. The van der Waals surface area contributed by atoms with Crippen LogP contribution in [0.15, 0.2) is 47.0 Å². The molecule has 2 heterocycles. The second-order valence-corrected chi connectivity index (χ2v) is 9.64. The lowest BCUT2D eigenvalue weighted by molar-refractivity contribution is -0.141. The summed E-state index contributed by atoms with van der Waals surface area (Å²) >= 11 is 5.91. The van der Waals surface area contributed by atoms with Crippen LogP contribution in [0.5, 0.6) is 0 Å². The molecular weight excluding hydrogens is 497 g/mol. The Labute approximate surface area is 198 Å². The van der Waals surface area contributed by atoms with Crippen LogP contribution in [-0.2, 0) is 29.2 Å². The fraction of sp³-hybridized carbons (Fsp3) is 0.286. The topological polar surface area (TPSA) is 105 Å². The fourth-order valence-electron chi connectivity index (χ4n) is 3.01. The van der Waals surface area contributed by atoms with Crippen molar-refractivity contribution in [3.63, 3.8) is 0 Å². The molecule has 8 nitrogen and oxygen atoms in total. The van der Waals surface area contributed by atoms with E-state index in [2.05, 4.69) is 9.97 Å². The molecular formula is C21H20ClF3N4O4S. The highest BCUT2D eigenvalue weighted by atomic mass is 35.5. The molecule has 0 saturated heterocycles. The number of carbonyl (C=O) groups excluding carboxylic acids is 1. The third-order valence-electron chi connectivity index (χ3n) is 4.62.